The van der Waals surface area contributed by atoms with Crippen LogP contribution in [0.3, 0.4) is 0 Å². The molecule has 0 heterocycles. The molecule has 4 nitrogen and oxygen atoms in total. The van der Waals surface area contributed by atoms with Crippen LogP contribution in [0.5, 0.6) is 0 Å². The number of hydrogen-bond donors (Lipinski definition) is 1. The van der Waals surface area contributed by atoms with E-state index in [1.165, 1.54) is 18.2 Å². The molecule has 0 aliphatic heterocycles. The number of benzene rings is 1. The van der Waals surface area contributed by atoms with Crippen LogP contribution in [-0.4, -0.2) is 49.3 Å². The Morgan fingerprint density at radius 2 is 1.88 bits per heavy atom. The second-order valence-corrected chi connectivity index (χ2v) is 6.45. The lowest BCUT2D eigenvalue weighted by molar-refractivity contribution is -0.272. The molecule has 0 amide bonds. The first-order valence-corrected chi connectivity index (χ1v) is 8.88. The van der Waals surface area contributed by atoms with E-state index in [9.17, 15) is 18.3 Å². The highest BCUT2D eigenvalue weighted by Gasteiger charge is 2.54. The third-order valence-corrected chi connectivity index (χ3v) is 4.07. The lowest BCUT2D eigenvalue weighted by Crippen LogP contribution is -2.43. The molecule has 1 aromatic carbocycles. The van der Waals surface area contributed by atoms with Crippen LogP contribution in [0.2, 0.25) is 0 Å². The SMILES string of the molecule is CCCOCCC(O)(c1ccc(/N=C/N(C)CCC)c(C)c1)C(F)(F)F. The molecule has 0 fully saturated rings. The molecule has 0 aromatic heterocycles. The third kappa shape index (κ3) is 5.99. The maximum absolute atomic E-state index is 13.5. The molecule has 1 unspecified atom stereocenters. The number of aliphatic hydroxyl groups is 1. The average molecular weight is 374 g/mol. The summed E-state index contributed by atoms with van der Waals surface area (Å²) < 4.78 is 45.7. The lowest BCUT2D eigenvalue weighted by Gasteiger charge is -2.31. The minimum atomic E-state index is -4.79. The summed E-state index contributed by atoms with van der Waals surface area (Å²) in [5, 5.41) is 10.4. The second kappa shape index (κ2) is 9.92. The van der Waals surface area contributed by atoms with Crippen molar-refractivity contribution in [1.82, 2.24) is 4.90 Å². The molecule has 1 aromatic rings. The third-order valence-electron chi connectivity index (χ3n) is 4.07. The Morgan fingerprint density at radius 3 is 2.42 bits per heavy atom. The van der Waals surface area contributed by atoms with Gasteiger partial charge in [-0.2, -0.15) is 13.2 Å². The Labute approximate surface area is 153 Å². The van der Waals surface area contributed by atoms with Crippen molar-refractivity contribution in [2.75, 3.05) is 26.8 Å². The average Bonchev–Trinajstić information content (AvgIpc) is 2.56. The maximum Gasteiger partial charge on any atom is 0.421 e. The topological polar surface area (TPSA) is 45.1 Å². The van der Waals surface area contributed by atoms with E-state index in [0.29, 0.717) is 24.3 Å². The number of alkyl halides is 3. The van der Waals surface area contributed by atoms with E-state index in [2.05, 4.69) is 4.99 Å². The Hall–Kier alpha value is -1.60. The molecule has 0 spiro atoms. The van der Waals surface area contributed by atoms with Gasteiger partial charge in [0.15, 0.2) is 5.60 Å². The highest BCUT2D eigenvalue weighted by Crippen LogP contribution is 2.42. The van der Waals surface area contributed by atoms with Crippen molar-refractivity contribution in [2.24, 2.45) is 4.99 Å². The highest BCUT2D eigenvalue weighted by atomic mass is 19.4. The Kier molecular flexibility index (Phi) is 8.56. The number of ether oxygens (including phenoxy) is 1. The maximum atomic E-state index is 13.5. The van der Waals surface area contributed by atoms with Crippen molar-refractivity contribution >= 4 is 12.0 Å². The van der Waals surface area contributed by atoms with Crippen LogP contribution in [0.15, 0.2) is 23.2 Å². The molecule has 0 aliphatic rings. The first-order chi connectivity index (χ1) is 12.2. The zero-order valence-corrected chi connectivity index (χ0v) is 15.9. The number of nitrogens with zero attached hydrogens (tertiary/aromatic N) is 2. The first-order valence-electron chi connectivity index (χ1n) is 8.88. The fourth-order valence-corrected chi connectivity index (χ4v) is 2.54. The molecule has 26 heavy (non-hydrogen) atoms. The van der Waals surface area contributed by atoms with Gasteiger partial charge in [-0.1, -0.05) is 26.0 Å². The summed E-state index contributed by atoms with van der Waals surface area (Å²) >= 11 is 0. The summed E-state index contributed by atoms with van der Waals surface area (Å²) in [5.41, 5.74) is -1.99. The second-order valence-electron chi connectivity index (χ2n) is 6.45. The highest BCUT2D eigenvalue weighted by molar-refractivity contribution is 5.63. The van der Waals surface area contributed by atoms with Gasteiger partial charge in [-0.05, 0) is 37.0 Å². The predicted molar refractivity (Wildman–Crippen MR) is 97.9 cm³/mol. The molecule has 0 aliphatic carbocycles. The van der Waals surface area contributed by atoms with Gasteiger partial charge in [0, 0.05) is 33.2 Å². The molecule has 0 saturated carbocycles. The number of aryl methyl sites for hydroxylation is 1. The van der Waals surface area contributed by atoms with Crippen molar-refractivity contribution in [2.45, 2.75) is 51.8 Å². The van der Waals surface area contributed by atoms with Crippen LogP contribution in [-0.2, 0) is 10.3 Å². The summed E-state index contributed by atoms with van der Waals surface area (Å²) in [6, 6.07) is 4.14. The number of halogens is 3. The first kappa shape index (κ1) is 22.4. The van der Waals surface area contributed by atoms with Crippen LogP contribution < -0.4 is 0 Å². The van der Waals surface area contributed by atoms with Crippen molar-refractivity contribution in [3.8, 4) is 0 Å². The normalized spacial score (nSPS) is 14.6. The Balaban J connectivity index is 3.04. The molecular weight excluding hydrogens is 345 g/mol. The Bertz CT molecular complexity index is 591. The number of aliphatic imine (C=N–C) groups is 1. The summed E-state index contributed by atoms with van der Waals surface area (Å²) in [5.74, 6) is 0. The Morgan fingerprint density at radius 1 is 1.19 bits per heavy atom. The summed E-state index contributed by atoms with van der Waals surface area (Å²) in [6.07, 6.45) is -2.00. The molecule has 7 heteroatoms. The quantitative estimate of drug-likeness (QED) is 0.371. The van der Waals surface area contributed by atoms with Crippen molar-refractivity contribution in [1.29, 1.82) is 0 Å². The fourth-order valence-electron chi connectivity index (χ4n) is 2.54. The minimum absolute atomic E-state index is 0.162. The van der Waals surface area contributed by atoms with Crippen molar-refractivity contribution < 1.29 is 23.0 Å². The molecule has 148 valence electrons. The van der Waals surface area contributed by atoms with Gasteiger partial charge in [0.2, 0.25) is 0 Å². The zero-order chi connectivity index (χ0) is 19.8. The van der Waals surface area contributed by atoms with E-state index < -0.39 is 18.2 Å². The van der Waals surface area contributed by atoms with Gasteiger partial charge in [-0.3, -0.25) is 0 Å². The lowest BCUT2D eigenvalue weighted by atomic mass is 9.88. The van der Waals surface area contributed by atoms with Crippen molar-refractivity contribution in [3.05, 3.63) is 29.3 Å². The van der Waals surface area contributed by atoms with Gasteiger partial charge in [0.1, 0.15) is 0 Å². The minimum Gasteiger partial charge on any atom is -0.381 e. The standard InChI is InChI=1S/C19H29F3N2O2/c1-5-10-24(4)14-23-17-8-7-16(13-15(17)3)18(25,19(20,21)22)9-12-26-11-6-2/h7-8,13-14,25H,5-6,9-12H2,1-4H3/b23-14+. The van der Waals surface area contributed by atoms with Gasteiger partial charge in [-0.25, -0.2) is 4.99 Å². The molecule has 1 rings (SSSR count). The number of rotatable bonds is 10. The predicted octanol–water partition coefficient (Wildman–Crippen LogP) is 4.56. The molecule has 0 bridgehead atoms. The van der Waals surface area contributed by atoms with Crippen LogP contribution >= 0.6 is 0 Å². The van der Waals surface area contributed by atoms with Crippen molar-refractivity contribution in [3.63, 3.8) is 0 Å². The van der Waals surface area contributed by atoms with Crippen LogP contribution in [0, 0.1) is 6.92 Å². The van der Waals surface area contributed by atoms with Gasteiger partial charge in [0.25, 0.3) is 0 Å². The summed E-state index contributed by atoms with van der Waals surface area (Å²) in [7, 11) is 1.88. The largest absolute Gasteiger partial charge is 0.421 e. The summed E-state index contributed by atoms with van der Waals surface area (Å²) in [6.45, 7) is 6.65. The van der Waals surface area contributed by atoms with E-state index in [-0.39, 0.29) is 12.2 Å². The molecule has 1 atom stereocenters. The van der Waals surface area contributed by atoms with E-state index >= 15 is 0 Å². The monoisotopic (exact) mass is 374 g/mol. The van der Waals surface area contributed by atoms with E-state index in [4.69, 9.17) is 4.74 Å². The summed E-state index contributed by atoms with van der Waals surface area (Å²) in [4.78, 5) is 6.22. The van der Waals surface area contributed by atoms with Crippen LogP contribution in [0.4, 0.5) is 18.9 Å². The smallest absolute Gasteiger partial charge is 0.381 e. The molecular formula is C19H29F3N2O2. The molecule has 1 N–H and O–H groups in total. The van der Waals surface area contributed by atoms with Crippen LogP contribution in [0.25, 0.3) is 0 Å². The molecule has 0 saturated heterocycles. The van der Waals surface area contributed by atoms with Gasteiger partial charge in [0.05, 0.1) is 12.0 Å². The van der Waals surface area contributed by atoms with Crippen LogP contribution in [0.1, 0.15) is 44.2 Å². The zero-order valence-electron chi connectivity index (χ0n) is 15.9. The van der Waals surface area contributed by atoms with E-state index in [1.54, 1.807) is 13.3 Å². The van der Waals surface area contributed by atoms with E-state index in [0.717, 1.165) is 13.0 Å². The number of hydrogen-bond acceptors (Lipinski definition) is 3. The van der Waals surface area contributed by atoms with Gasteiger partial charge < -0.3 is 14.7 Å². The fraction of sp³-hybridized carbons (Fsp3) is 0.632. The van der Waals surface area contributed by atoms with Gasteiger partial charge in [-0.15, -0.1) is 0 Å². The van der Waals surface area contributed by atoms with E-state index in [1.807, 2.05) is 25.8 Å². The van der Waals surface area contributed by atoms with Gasteiger partial charge >= 0.3 is 6.18 Å². The molecule has 0 radical (unpaired) electrons.